The van der Waals surface area contributed by atoms with Gasteiger partial charge in [-0.25, -0.2) is 4.79 Å². The van der Waals surface area contributed by atoms with Crippen LogP contribution in [-0.4, -0.2) is 78.0 Å². The second kappa shape index (κ2) is 7.98. The first-order chi connectivity index (χ1) is 13.0. The summed E-state index contributed by atoms with van der Waals surface area (Å²) in [6, 6.07) is 1.21. The maximum absolute atomic E-state index is 12.3. The fourth-order valence-electron chi connectivity index (χ4n) is 5.78. The Morgan fingerprint density at radius 1 is 1.15 bits per heavy atom. The highest BCUT2D eigenvalue weighted by Gasteiger charge is 2.45. The summed E-state index contributed by atoms with van der Waals surface area (Å²) in [5, 5.41) is 3.05. The number of fused-ring (bicyclic) bond motifs is 4. The van der Waals surface area contributed by atoms with Crippen molar-refractivity contribution in [2.24, 2.45) is 17.8 Å². The van der Waals surface area contributed by atoms with Gasteiger partial charge in [-0.1, -0.05) is 13.8 Å². The third-order valence-corrected chi connectivity index (χ3v) is 7.14. The summed E-state index contributed by atoms with van der Waals surface area (Å²) < 4.78 is 0. The molecule has 6 nitrogen and oxygen atoms in total. The lowest BCUT2D eigenvalue weighted by atomic mass is 9.75. The largest absolute Gasteiger partial charge is 0.339 e. The van der Waals surface area contributed by atoms with Gasteiger partial charge in [0.2, 0.25) is 5.91 Å². The van der Waals surface area contributed by atoms with Gasteiger partial charge in [0.25, 0.3) is 0 Å². The Bertz CT molecular complexity index is 558. The molecule has 0 spiro atoms. The van der Waals surface area contributed by atoms with E-state index in [9.17, 15) is 9.59 Å². The van der Waals surface area contributed by atoms with Crippen LogP contribution in [0.3, 0.4) is 0 Å². The molecule has 4 aliphatic rings. The number of carbonyl (C=O) groups is 2. The molecular weight excluding hydrogens is 340 g/mol. The Labute approximate surface area is 163 Å². The first-order valence-corrected chi connectivity index (χ1v) is 11.1. The number of hydrogen-bond acceptors (Lipinski definition) is 3. The van der Waals surface area contributed by atoms with E-state index >= 15 is 0 Å². The molecule has 4 fully saturated rings. The predicted octanol–water partition coefficient (Wildman–Crippen LogP) is 2.15. The smallest absolute Gasteiger partial charge is 0.317 e. The minimum Gasteiger partial charge on any atom is -0.339 e. The molecule has 4 rings (SSSR count). The molecule has 4 heterocycles. The van der Waals surface area contributed by atoms with Gasteiger partial charge in [0.05, 0.1) is 0 Å². The summed E-state index contributed by atoms with van der Waals surface area (Å²) in [6.45, 7) is 10.0. The molecule has 4 saturated heterocycles. The van der Waals surface area contributed by atoms with Crippen LogP contribution < -0.4 is 5.32 Å². The second-order valence-corrected chi connectivity index (χ2v) is 9.62. The molecule has 1 N–H and O–H groups in total. The van der Waals surface area contributed by atoms with Crippen LogP contribution in [0.5, 0.6) is 0 Å². The van der Waals surface area contributed by atoms with E-state index in [1.807, 2.05) is 4.90 Å². The highest BCUT2D eigenvalue weighted by Crippen LogP contribution is 2.39. The van der Waals surface area contributed by atoms with E-state index < -0.39 is 0 Å². The summed E-state index contributed by atoms with van der Waals surface area (Å²) in [7, 11) is 0. The third kappa shape index (κ3) is 4.10. The summed E-state index contributed by atoms with van der Waals surface area (Å²) in [5.74, 6) is 2.20. The SMILES string of the molecule is CC(C)CNC(=O)N1CCC(N2C[C@H]3C[C@H](C2)[C@H]2CCCC(=O)N2C3)CC1. The van der Waals surface area contributed by atoms with Crippen molar-refractivity contribution >= 4 is 11.9 Å². The van der Waals surface area contributed by atoms with Gasteiger partial charge in [0.1, 0.15) is 0 Å². The average Bonchev–Trinajstić information content (AvgIpc) is 2.67. The Morgan fingerprint density at radius 3 is 2.67 bits per heavy atom. The van der Waals surface area contributed by atoms with Crippen molar-refractivity contribution in [2.45, 2.75) is 64.5 Å². The molecular formula is C21H36N4O2. The van der Waals surface area contributed by atoms with Crippen LogP contribution >= 0.6 is 0 Å². The second-order valence-electron chi connectivity index (χ2n) is 9.62. The van der Waals surface area contributed by atoms with Gasteiger partial charge < -0.3 is 15.1 Å². The molecule has 0 aromatic rings. The van der Waals surface area contributed by atoms with E-state index in [2.05, 4.69) is 29.0 Å². The lowest BCUT2D eigenvalue weighted by molar-refractivity contribution is -0.145. The van der Waals surface area contributed by atoms with E-state index in [4.69, 9.17) is 0 Å². The van der Waals surface area contributed by atoms with E-state index in [1.165, 1.54) is 12.8 Å². The minimum atomic E-state index is 0.106. The van der Waals surface area contributed by atoms with E-state index in [0.29, 0.717) is 35.7 Å². The van der Waals surface area contributed by atoms with Crippen molar-refractivity contribution in [3.63, 3.8) is 0 Å². The van der Waals surface area contributed by atoms with Crippen molar-refractivity contribution in [1.82, 2.24) is 20.0 Å². The maximum Gasteiger partial charge on any atom is 0.317 e. The number of nitrogens with zero attached hydrogens (tertiary/aromatic N) is 3. The zero-order valence-electron chi connectivity index (χ0n) is 17.0. The summed E-state index contributed by atoms with van der Waals surface area (Å²) in [6.07, 6.45) is 6.51. The normalized spacial score (nSPS) is 32.6. The van der Waals surface area contributed by atoms with Gasteiger partial charge in [-0.05, 0) is 49.9 Å². The molecule has 0 aliphatic carbocycles. The van der Waals surface area contributed by atoms with E-state index in [1.54, 1.807) is 0 Å². The topological polar surface area (TPSA) is 55.9 Å². The zero-order chi connectivity index (χ0) is 19.0. The number of amides is 3. The molecule has 0 aromatic carbocycles. The van der Waals surface area contributed by atoms with Gasteiger partial charge in [0.15, 0.2) is 0 Å². The number of piperidine rings is 4. The molecule has 6 heteroatoms. The monoisotopic (exact) mass is 376 g/mol. The van der Waals surface area contributed by atoms with Crippen LogP contribution in [0.15, 0.2) is 0 Å². The van der Waals surface area contributed by atoms with E-state index in [0.717, 1.165) is 65.0 Å². The molecule has 3 amide bonds. The maximum atomic E-state index is 12.3. The number of urea groups is 1. The van der Waals surface area contributed by atoms with Crippen LogP contribution in [0.25, 0.3) is 0 Å². The average molecular weight is 377 g/mol. The predicted molar refractivity (Wildman–Crippen MR) is 105 cm³/mol. The van der Waals surface area contributed by atoms with Crippen molar-refractivity contribution in [2.75, 3.05) is 39.3 Å². The van der Waals surface area contributed by atoms with Crippen LogP contribution in [0.4, 0.5) is 4.79 Å². The Hall–Kier alpha value is -1.30. The first-order valence-electron chi connectivity index (χ1n) is 11.1. The third-order valence-electron chi connectivity index (χ3n) is 7.14. The number of rotatable bonds is 3. The summed E-state index contributed by atoms with van der Waals surface area (Å²) >= 11 is 0. The standard InChI is InChI=1S/C21H36N4O2/c1-15(2)11-22-21(27)23-8-6-18(7-9-23)24-12-16-10-17(14-24)19-4-3-5-20(26)25(19)13-16/h15-19H,3-14H2,1-2H3,(H,22,27)/t16-,17-,19-/m1/s1. The molecule has 4 aliphatic heterocycles. The lowest BCUT2D eigenvalue weighted by Gasteiger charge is -2.54. The van der Waals surface area contributed by atoms with Gasteiger partial charge >= 0.3 is 6.03 Å². The van der Waals surface area contributed by atoms with Crippen molar-refractivity contribution in [3.8, 4) is 0 Å². The van der Waals surface area contributed by atoms with Crippen molar-refractivity contribution in [3.05, 3.63) is 0 Å². The van der Waals surface area contributed by atoms with Crippen LogP contribution in [0, 0.1) is 17.8 Å². The number of hydrogen-bond donors (Lipinski definition) is 1. The number of likely N-dealkylation sites (tertiary alicyclic amines) is 2. The summed E-state index contributed by atoms with van der Waals surface area (Å²) in [5.41, 5.74) is 0. The lowest BCUT2D eigenvalue weighted by Crippen LogP contribution is -2.62. The van der Waals surface area contributed by atoms with Crippen LogP contribution in [0.2, 0.25) is 0 Å². The van der Waals surface area contributed by atoms with Gasteiger partial charge in [-0.3, -0.25) is 9.69 Å². The number of carbonyl (C=O) groups excluding carboxylic acids is 2. The molecule has 152 valence electrons. The molecule has 0 saturated carbocycles. The molecule has 0 aromatic heterocycles. The van der Waals surface area contributed by atoms with Crippen molar-refractivity contribution < 1.29 is 9.59 Å². The van der Waals surface area contributed by atoms with Crippen LogP contribution in [0.1, 0.15) is 52.4 Å². The zero-order valence-corrected chi connectivity index (χ0v) is 17.0. The summed E-state index contributed by atoms with van der Waals surface area (Å²) in [4.78, 5) is 31.5. The molecule has 3 atom stereocenters. The Morgan fingerprint density at radius 2 is 1.93 bits per heavy atom. The van der Waals surface area contributed by atoms with Gasteiger partial charge in [-0.2, -0.15) is 0 Å². The quantitative estimate of drug-likeness (QED) is 0.821. The highest BCUT2D eigenvalue weighted by atomic mass is 16.2. The molecule has 27 heavy (non-hydrogen) atoms. The van der Waals surface area contributed by atoms with Gasteiger partial charge in [0, 0.05) is 57.8 Å². The Balaban J connectivity index is 1.30. The van der Waals surface area contributed by atoms with Crippen LogP contribution in [-0.2, 0) is 4.79 Å². The molecule has 0 radical (unpaired) electrons. The highest BCUT2D eigenvalue weighted by molar-refractivity contribution is 5.77. The molecule has 2 bridgehead atoms. The Kier molecular flexibility index (Phi) is 5.62. The van der Waals surface area contributed by atoms with Gasteiger partial charge in [-0.15, -0.1) is 0 Å². The van der Waals surface area contributed by atoms with Crippen molar-refractivity contribution in [1.29, 1.82) is 0 Å². The fraction of sp³-hybridized carbons (Fsp3) is 0.905. The molecule has 0 unspecified atom stereocenters. The number of nitrogens with one attached hydrogen (secondary N) is 1. The minimum absolute atomic E-state index is 0.106. The fourth-order valence-corrected chi connectivity index (χ4v) is 5.78. The first kappa shape index (κ1) is 19.0. The van der Waals surface area contributed by atoms with E-state index in [-0.39, 0.29) is 6.03 Å².